The molecule has 0 radical (unpaired) electrons. The molecular formula is C19H33NO3S. The van der Waals surface area contributed by atoms with Crippen molar-refractivity contribution in [2.75, 3.05) is 12.9 Å². The van der Waals surface area contributed by atoms with Crippen LogP contribution in [0.15, 0.2) is 0 Å². The molecule has 138 valence electrons. The Morgan fingerprint density at radius 2 is 1.83 bits per heavy atom. The minimum atomic E-state index is -0.0868. The fourth-order valence-electron chi connectivity index (χ4n) is 4.11. The van der Waals surface area contributed by atoms with Crippen LogP contribution in [-0.2, 0) is 14.3 Å². The number of esters is 1. The van der Waals surface area contributed by atoms with Crippen molar-refractivity contribution in [1.29, 1.82) is 0 Å². The first-order valence-corrected chi connectivity index (χ1v) is 10.7. The Hall–Kier alpha value is -0.710. The third-order valence-corrected chi connectivity index (χ3v) is 7.04. The van der Waals surface area contributed by atoms with Gasteiger partial charge in [0.25, 0.3) is 0 Å². The zero-order valence-corrected chi connectivity index (χ0v) is 15.9. The van der Waals surface area contributed by atoms with Gasteiger partial charge < -0.3 is 10.1 Å². The molecular weight excluding hydrogens is 322 g/mol. The summed E-state index contributed by atoms with van der Waals surface area (Å²) in [7, 11) is 1.45. The van der Waals surface area contributed by atoms with E-state index in [0.717, 1.165) is 12.8 Å². The van der Waals surface area contributed by atoms with Crippen molar-refractivity contribution >= 4 is 23.6 Å². The van der Waals surface area contributed by atoms with E-state index >= 15 is 0 Å². The van der Waals surface area contributed by atoms with Gasteiger partial charge in [0.1, 0.15) is 0 Å². The van der Waals surface area contributed by atoms with Crippen molar-refractivity contribution in [3.8, 4) is 0 Å². The molecule has 2 atom stereocenters. The standard InChI is InChI=1S/C19H33NO3S/c1-23-18(22)13-9-7-5-3-2-4-6-8-11-16-12-10-14-19(16)20-17(21)15-24-19/h16H,2-15H2,1H3,(H,20,21). The summed E-state index contributed by atoms with van der Waals surface area (Å²) in [5.41, 5.74) is 0. The average molecular weight is 356 g/mol. The van der Waals surface area contributed by atoms with Crippen LogP contribution in [0.3, 0.4) is 0 Å². The summed E-state index contributed by atoms with van der Waals surface area (Å²) in [6, 6.07) is 0. The van der Waals surface area contributed by atoms with Gasteiger partial charge in [-0.3, -0.25) is 9.59 Å². The average Bonchev–Trinajstić information content (AvgIpc) is 3.15. The van der Waals surface area contributed by atoms with Gasteiger partial charge in [0.15, 0.2) is 0 Å². The first-order valence-electron chi connectivity index (χ1n) is 9.68. The lowest BCUT2D eigenvalue weighted by Gasteiger charge is -2.30. The van der Waals surface area contributed by atoms with Crippen molar-refractivity contribution in [2.45, 2.75) is 88.3 Å². The van der Waals surface area contributed by atoms with E-state index in [1.807, 2.05) is 11.8 Å². The van der Waals surface area contributed by atoms with Crippen molar-refractivity contribution in [2.24, 2.45) is 5.92 Å². The highest BCUT2D eigenvalue weighted by atomic mass is 32.2. The molecule has 1 saturated heterocycles. The number of carbonyl (C=O) groups excluding carboxylic acids is 2. The van der Waals surface area contributed by atoms with Gasteiger partial charge in [-0.15, -0.1) is 11.8 Å². The van der Waals surface area contributed by atoms with Gasteiger partial charge in [-0.25, -0.2) is 0 Å². The largest absolute Gasteiger partial charge is 0.469 e. The molecule has 1 saturated carbocycles. The third-order valence-electron chi connectivity index (χ3n) is 5.48. The van der Waals surface area contributed by atoms with Gasteiger partial charge in [-0.05, 0) is 38.0 Å². The minimum absolute atomic E-state index is 0.0868. The number of rotatable bonds is 11. The smallest absolute Gasteiger partial charge is 0.305 e. The van der Waals surface area contributed by atoms with Gasteiger partial charge >= 0.3 is 5.97 Å². The summed E-state index contributed by atoms with van der Waals surface area (Å²) in [4.78, 5) is 22.7. The molecule has 1 aliphatic carbocycles. The highest BCUT2D eigenvalue weighted by Crippen LogP contribution is 2.48. The number of hydrogen-bond acceptors (Lipinski definition) is 4. The van der Waals surface area contributed by atoms with Crippen LogP contribution in [0.2, 0.25) is 0 Å². The van der Waals surface area contributed by atoms with Gasteiger partial charge in [0.05, 0.1) is 17.7 Å². The second-order valence-electron chi connectivity index (χ2n) is 7.26. The van der Waals surface area contributed by atoms with Gasteiger partial charge in [-0.1, -0.05) is 44.9 Å². The molecule has 1 N–H and O–H groups in total. The molecule has 5 heteroatoms. The number of methoxy groups -OCH3 is 1. The van der Waals surface area contributed by atoms with E-state index < -0.39 is 0 Å². The summed E-state index contributed by atoms with van der Waals surface area (Å²) < 4.78 is 4.64. The van der Waals surface area contributed by atoms with Crippen LogP contribution < -0.4 is 5.32 Å². The summed E-state index contributed by atoms with van der Waals surface area (Å²) in [6.07, 6.45) is 15.4. The van der Waals surface area contributed by atoms with E-state index in [-0.39, 0.29) is 16.7 Å². The molecule has 1 amide bonds. The molecule has 1 aliphatic heterocycles. The van der Waals surface area contributed by atoms with E-state index in [1.54, 1.807) is 0 Å². The van der Waals surface area contributed by atoms with Gasteiger partial charge in [0, 0.05) is 6.42 Å². The number of hydrogen-bond donors (Lipinski definition) is 1. The Kier molecular flexibility index (Phi) is 8.43. The molecule has 2 aliphatic rings. The monoisotopic (exact) mass is 355 g/mol. The fraction of sp³-hybridized carbons (Fsp3) is 0.895. The zero-order chi connectivity index (χ0) is 17.3. The van der Waals surface area contributed by atoms with Gasteiger partial charge in [0.2, 0.25) is 5.91 Å². The second kappa shape index (κ2) is 10.3. The number of nitrogens with one attached hydrogen (secondary N) is 1. The maximum Gasteiger partial charge on any atom is 0.305 e. The lowest BCUT2D eigenvalue weighted by Crippen LogP contribution is -2.42. The highest BCUT2D eigenvalue weighted by Gasteiger charge is 2.47. The van der Waals surface area contributed by atoms with Crippen LogP contribution in [0.5, 0.6) is 0 Å². The second-order valence-corrected chi connectivity index (χ2v) is 8.56. The molecule has 2 unspecified atom stereocenters. The maximum atomic E-state index is 11.6. The van der Waals surface area contributed by atoms with Crippen LogP contribution in [0.1, 0.15) is 83.5 Å². The van der Waals surface area contributed by atoms with Crippen LogP contribution in [0.25, 0.3) is 0 Å². The SMILES string of the molecule is COC(=O)CCCCCCCCCCC1CCCC12NC(=O)CS2. The molecule has 1 spiro atoms. The molecule has 0 aromatic carbocycles. The van der Waals surface area contributed by atoms with Crippen LogP contribution >= 0.6 is 11.8 Å². The number of unbranched alkanes of at least 4 members (excludes halogenated alkanes) is 7. The van der Waals surface area contributed by atoms with E-state index in [0.29, 0.717) is 18.1 Å². The predicted octanol–water partition coefficient (Wildman–Crippen LogP) is 4.42. The highest BCUT2D eigenvalue weighted by molar-refractivity contribution is 8.01. The molecule has 2 fully saturated rings. The maximum absolute atomic E-state index is 11.6. The Labute approximate surface area is 150 Å². The van der Waals surface area contributed by atoms with Crippen molar-refractivity contribution < 1.29 is 14.3 Å². The topological polar surface area (TPSA) is 55.4 Å². The molecule has 4 nitrogen and oxygen atoms in total. The third kappa shape index (κ3) is 5.98. The van der Waals surface area contributed by atoms with E-state index in [4.69, 9.17) is 0 Å². The van der Waals surface area contributed by atoms with Crippen molar-refractivity contribution in [3.63, 3.8) is 0 Å². The summed E-state index contributed by atoms with van der Waals surface area (Å²) in [5, 5.41) is 3.26. The fourth-order valence-corrected chi connectivity index (χ4v) is 5.51. The lowest BCUT2D eigenvalue weighted by molar-refractivity contribution is -0.140. The molecule has 0 aromatic rings. The summed E-state index contributed by atoms with van der Waals surface area (Å²) >= 11 is 1.86. The van der Waals surface area contributed by atoms with Crippen molar-refractivity contribution in [3.05, 3.63) is 0 Å². The summed E-state index contributed by atoms with van der Waals surface area (Å²) in [6.45, 7) is 0. The quantitative estimate of drug-likeness (QED) is 0.440. The van der Waals surface area contributed by atoms with E-state index in [9.17, 15) is 9.59 Å². The predicted molar refractivity (Wildman–Crippen MR) is 98.9 cm³/mol. The normalized spacial score (nSPS) is 26.0. The zero-order valence-electron chi connectivity index (χ0n) is 15.1. The number of amides is 1. The van der Waals surface area contributed by atoms with E-state index in [1.165, 1.54) is 71.3 Å². The number of thioether (sulfide) groups is 1. The first-order chi connectivity index (χ1) is 11.7. The van der Waals surface area contributed by atoms with Crippen LogP contribution in [0.4, 0.5) is 0 Å². The van der Waals surface area contributed by atoms with Crippen molar-refractivity contribution in [1.82, 2.24) is 5.32 Å². The molecule has 2 rings (SSSR count). The number of carbonyl (C=O) groups is 2. The molecule has 0 aromatic heterocycles. The minimum Gasteiger partial charge on any atom is -0.469 e. The molecule has 0 bridgehead atoms. The molecule has 1 heterocycles. The van der Waals surface area contributed by atoms with E-state index in [2.05, 4.69) is 10.1 Å². The van der Waals surface area contributed by atoms with Gasteiger partial charge in [-0.2, -0.15) is 0 Å². The number of ether oxygens (including phenoxy) is 1. The first kappa shape index (κ1) is 19.6. The molecule has 24 heavy (non-hydrogen) atoms. The Balaban J connectivity index is 1.44. The Morgan fingerprint density at radius 3 is 2.46 bits per heavy atom. The Bertz CT molecular complexity index is 415. The lowest BCUT2D eigenvalue weighted by atomic mass is 9.95. The van der Waals surface area contributed by atoms with Crippen LogP contribution in [0, 0.1) is 5.92 Å². The Morgan fingerprint density at radius 1 is 1.17 bits per heavy atom. The summed E-state index contributed by atoms with van der Waals surface area (Å²) in [5.74, 6) is 1.50. The van der Waals surface area contributed by atoms with Crippen LogP contribution in [-0.4, -0.2) is 29.6 Å².